The molecule has 18 heavy (non-hydrogen) atoms. The van der Waals surface area contributed by atoms with Gasteiger partial charge in [-0.1, -0.05) is 18.2 Å². The van der Waals surface area contributed by atoms with Gasteiger partial charge in [0.15, 0.2) is 0 Å². The number of nitrogens with one attached hydrogen (secondary N) is 2. The van der Waals surface area contributed by atoms with Crippen LogP contribution in [0.5, 0.6) is 0 Å². The Morgan fingerprint density at radius 2 is 1.78 bits per heavy atom. The van der Waals surface area contributed by atoms with Gasteiger partial charge in [-0.15, -0.1) is 0 Å². The molecule has 6 heteroatoms. The predicted molar refractivity (Wildman–Crippen MR) is 74.5 cm³/mol. The highest BCUT2D eigenvalue weighted by atomic mass is 32.2. The average Bonchev–Trinajstić information content (AvgIpc) is 2.13. The lowest BCUT2D eigenvalue weighted by molar-refractivity contribution is 0.494. The summed E-state index contributed by atoms with van der Waals surface area (Å²) in [7, 11) is -3.60. The fourth-order valence-electron chi connectivity index (χ4n) is 1.56. The third-order valence-electron chi connectivity index (χ3n) is 2.14. The maximum absolute atomic E-state index is 11.9. The lowest BCUT2D eigenvalue weighted by atomic mass is 10.1. The monoisotopic (exact) mass is 271 g/mol. The lowest BCUT2D eigenvalue weighted by Crippen LogP contribution is -2.43. The van der Waals surface area contributed by atoms with E-state index in [4.69, 9.17) is 5.73 Å². The third kappa shape index (κ3) is 4.64. The summed E-state index contributed by atoms with van der Waals surface area (Å²) in [5, 5.41) is 0. The van der Waals surface area contributed by atoms with Crippen molar-refractivity contribution in [2.24, 2.45) is 5.73 Å². The first-order valence-electron chi connectivity index (χ1n) is 5.77. The highest BCUT2D eigenvalue weighted by Gasteiger charge is 2.20. The first-order valence-corrected chi connectivity index (χ1v) is 7.25. The zero-order valence-corrected chi connectivity index (χ0v) is 12.0. The van der Waals surface area contributed by atoms with Crippen LogP contribution in [-0.2, 0) is 10.2 Å². The molecule has 0 saturated carbocycles. The van der Waals surface area contributed by atoms with E-state index < -0.39 is 15.7 Å². The van der Waals surface area contributed by atoms with Crippen LogP contribution in [0, 0.1) is 0 Å². The van der Waals surface area contributed by atoms with Gasteiger partial charge in [-0.2, -0.15) is 13.1 Å². The van der Waals surface area contributed by atoms with E-state index in [0.717, 1.165) is 5.56 Å². The number of anilines is 1. The fourth-order valence-corrected chi connectivity index (χ4v) is 2.89. The summed E-state index contributed by atoms with van der Waals surface area (Å²) < 4.78 is 28.9. The molecule has 102 valence electrons. The summed E-state index contributed by atoms with van der Waals surface area (Å²) in [6, 6.07) is 6.85. The van der Waals surface area contributed by atoms with Crippen molar-refractivity contribution in [3.05, 3.63) is 29.8 Å². The lowest BCUT2D eigenvalue weighted by Gasteiger charge is -2.22. The molecule has 5 nitrogen and oxygen atoms in total. The molecule has 0 heterocycles. The van der Waals surface area contributed by atoms with Crippen LogP contribution in [0.15, 0.2) is 24.3 Å². The minimum Gasteiger partial charge on any atom is -0.324 e. The normalized spacial score (nSPS) is 14.3. The average molecular weight is 271 g/mol. The smallest absolute Gasteiger partial charge is 0.299 e. The number of para-hydroxylation sites is 1. The molecule has 4 N–H and O–H groups in total. The second kappa shape index (κ2) is 5.26. The molecule has 1 rings (SSSR count). The zero-order chi connectivity index (χ0) is 14.0. The summed E-state index contributed by atoms with van der Waals surface area (Å²) in [4.78, 5) is 0. The molecular weight excluding hydrogens is 250 g/mol. The summed E-state index contributed by atoms with van der Waals surface area (Å²) >= 11 is 0. The van der Waals surface area contributed by atoms with E-state index in [-0.39, 0.29) is 6.04 Å². The van der Waals surface area contributed by atoms with Crippen LogP contribution in [0.3, 0.4) is 0 Å². The largest absolute Gasteiger partial charge is 0.324 e. The van der Waals surface area contributed by atoms with Crippen LogP contribution in [0.2, 0.25) is 0 Å². The summed E-state index contributed by atoms with van der Waals surface area (Å²) in [6.45, 7) is 7.15. The maximum atomic E-state index is 11.9. The van der Waals surface area contributed by atoms with Gasteiger partial charge in [0, 0.05) is 11.6 Å². The van der Waals surface area contributed by atoms with Crippen molar-refractivity contribution in [3.63, 3.8) is 0 Å². The van der Waals surface area contributed by atoms with Gasteiger partial charge < -0.3 is 5.73 Å². The van der Waals surface area contributed by atoms with Gasteiger partial charge in [0.2, 0.25) is 0 Å². The fraction of sp³-hybridized carbons (Fsp3) is 0.500. The van der Waals surface area contributed by atoms with Crippen molar-refractivity contribution >= 4 is 15.9 Å². The van der Waals surface area contributed by atoms with E-state index in [1.165, 1.54) is 0 Å². The van der Waals surface area contributed by atoms with Gasteiger partial charge >= 0.3 is 0 Å². The van der Waals surface area contributed by atoms with Gasteiger partial charge in [-0.25, -0.2) is 0 Å². The summed E-state index contributed by atoms with van der Waals surface area (Å²) in [5.74, 6) is 0. The van der Waals surface area contributed by atoms with Gasteiger partial charge in [0.25, 0.3) is 10.2 Å². The molecule has 0 bridgehead atoms. The van der Waals surface area contributed by atoms with Crippen LogP contribution in [0.25, 0.3) is 0 Å². The van der Waals surface area contributed by atoms with Gasteiger partial charge in [-0.3, -0.25) is 4.72 Å². The number of hydrogen-bond acceptors (Lipinski definition) is 3. The Kier molecular flexibility index (Phi) is 4.37. The van der Waals surface area contributed by atoms with Gasteiger partial charge in [0.1, 0.15) is 0 Å². The molecule has 1 aromatic carbocycles. The van der Waals surface area contributed by atoms with Crippen LogP contribution >= 0.6 is 0 Å². The molecule has 1 atom stereocenters. The Morgan fingerprint density at radius 3 is 2.28 bits per heavy atom. The molecule has 0 saturated heterocycles. The molecule has 0 aliphatic heterocycles. The minimum atomic E-state index is -3.60. The summed E-state index contributed by atoms with van der Waals surface area (Å²) in [5.41, 5.74) is 6.54. The van der Waals surface area contributed by atoms with E-state index in [1.807, 2.05) is 13.0 Å². The van der Waals surface area contributed by atoms with Crippen molar-refractivity contribution in [2.45, 2.75) is 39.3 Å². The molecule has 0 aliphatic rings. The molecular formula is C12H21N3O2S. The molecule has 0 fully saturated rings. The van der Waals surface area contributed by atoms with E-state index in [0.29, 0.717) is 5.69 Å². The SMILES string of the molecule is CC(N)c1ccccc1NS(=O)(=O)NC(C)(C)C. The van der Waals surface area contributed by atoms with Crippen molar-refractivity contribution in [3.8, 4) is 0 Å². The molecule has 0 aromatic heterocycles. The topological polar surface area (TPSA) is 84.2 Å². The van der Waals surface area contributed by atoms with Crippen LogP contribution < -0.4 is 15.2 Å². The van der Waals surface area contributed by atoms with Gasteiger partial charge in [-0.05, 0) is 39.3 Å². The Hall–Kier alpha value is -1.11. The van der Waals surface area contributed by atoms with Crippen molar-refractivity contribution in [1.29, 1.82) is 0 Å². The van der Waals surface area contributed by atoms with Crippen molar-refractivity contribution in [2.75, 3.05) is 4.72 Å². The second-order valence-corrected chi connectivity index (χ2v) is 6.75. The second-order valence-electron chi connectivity index (χ2n) is 5.33. The van der Waals surface area contributed by atoms with E-state index in [2.05, 4.69) is 9.44 Å². The standard InChI is InChI=1S/C12H21N3O2S/c1-9(13)10-7-5-6-8-11(10)14-18(16,17)15-12(2,3)4/h5-9,14-15H,13H2,1-4H3. The van der Waals surface area contributed by atoms with E-state index in [9.17, 15) is 8.42 Å². The molecule has 0 aliphatic carbocycles. The molecule has 0 spiro atoms. The molecule has 1 unspecified atom stereocenters. The Bertz CT molecular complexity index is 504. The van der Waals surface area contributed by atoms with E-state index in [1.54, 1.807) is 39.0 Å². The van der Waals surface area contributed by atoms with Crippen LogP contribution in [0.1, 0.15) is 39.3 Å². The predicted octanol–water partition coefficient (Wildman–Crippen LogP) is 1.75. The molecule has 0 radical (unpaired) electrons. The maximum Gasteiger partial charge on any atom is 0.299 e. The molecule has 1 aromatic rings. The number of benzene rings is 1. The van der Waals surface area contributed by atoms with Crippen molar-refractivity contribution in [1.82, 2.24) is 4.72 Å². The molecule has 0 amide bonds. The minimum absolute atomic E-state index is 0.237. The Labute approximate surface area is 109 Å². The zero-order valence-electron chi connectivity index (χ0n) is 11.2. The number of nitrogens with two attached hydrogens (primary N) is 1. The Morgan fingerprint density at radius 1 is 1.22 bits per heavy atom. The first-order chi connectivity index (χ1) is 8.11. The van der Waals surface area contributed by atoms with Crippen LogP contribution in [0.4, 0.5) is 5.69 Å². The van der Waals surface area contributed by atoms with Crippen LogP contribution in [-0.4, -0.2) is 14.0 Å². The highest BCUT2D eigenvalue weighted by Crippen LogP contribution is 2.21. The highest BCUT2D eigenvalue weighted by molar-refractivity contribution is 7.90. The summed E-state index contributed by atoms with van der Waals surface area (Å²) in [6.07, 6.45) is 0. The van der Waals surface area contributed by atoms with E-state index >= 15 is 0 Å². The number of rotatable bonds is 4. The quantitative estimate of drug-likeness (QED) is 0.780. The third-order valence-corrected chi connectivity index (χ3v) is 3.51. The van der Waals surface area contributed by atoms with Crippen molar-refractivity contribution < 1.29 is 8.42 Å². The van der Waals surface area contributed by atoms with Gasteiger partial charge in [0.05, 0.1) is 5.69 Å². The Balaban J connectivity index is 2.98. The number of hydrogen-bond donors (Lipinski definition) is 3. The first kappa shape index (κ1) is 14.9.